The minimum absolute atomic E-state index is 0.245. The van der Waals surface area contributed by atoms with Crippen molar-refractivity contribution < 1.29 is 14.3 Å². The Kier molecular flexibility index (Phi) is 5.70. The van der Waals surface area contributed by atoms with Crippen LogP contribution in [0.1, 0.15) is 12.5 Å². The van der Waals surface area contributed by atoms with E-state index in [4.69, 9.17) is 4.74 Å². The molecule has 0 radical (unpaired) electrons. The molecule has 4 rings (SSSR count). The van der Waals surface area contributed by atoms with Gasteiger partial charge in [0.25, 0.3) is 5.91 Å². The summed E-state index contributed by atoms with van der Waals surface area (Å²) in [6, 6.07) is 21.0. The van der Waals surface area contributed by atoms with Gasteiger partial charge < -0.3 is 10.1 Å². The fraction of sp³-hybridized carbons (Fsp3) is 0.174. The molecule has 1 N–H and O–H groups in total. The monoisotopic (exact) mass is 415 g/mol. The summed E-state index contributed by atoms with van der Waals surface area (Å²) in [5, 5.41) is 16.8. The Morgan fingerprint density at radius 3 is 2.58 bits per heavy atom. The number of esters is 1. The number of aryl methyl sites for hydroxylation is 1. The van der Waals surface area contributed by atoms with Crippen LogP contribution in [-0.2, 0) is 20.9 Å². The summed E-state index contributed by atoms with van der Waals surface area (Å²) in [7, 11) is 0. The van der Waals surface area contributed by atoms with Crippen molar-refractivity contribution in [1.29, 1.82) is 0 Å². The number of benzene rings is 3. The van der Waals surface area contributed by atoms with Gasteiger partial charge in [0.1, 0.15) is 0 Å². The van der Waals surface area contributed by atoms with Gasteiger partial charge in [-0.2, -0.15) is 4.80 Å². The number of nitrogens with one attached hydrogen (secondary N) is 1. The van der Waals surface area contributed by atoms with E-state index in [1.807, 2.05) is 67.6 Å². The lowest BCUT2D eigenvalue weighted by Crippen LogP contribution is -2.31. The standard InChI is InChI=1S/C23H21N5O3/c1-15-10-12-18(13-11-15)22-25-27-28(26-22)14-21(29)31-16(2)23(30)24-20-9-5-7-17-6-3-4-8-19(17)20/h3-13,16H,14H2,1-2H3,(H,24,30). The molecule has 8 heteroatoms. The molecular formula is C23H21N5O3. The molecule has 0 fully saturated rings. The third-order valence-corrected chi connectivity index (χ3v) is 4.76. The minimum atomic E-state index is -0.980. The van der Waals surface area contributed by atoms with E-state index < -0.39 is 18.0 Å². The largest absolute Gasteiger partial charge is 0.451 e. The van der Waals surface area contributed by atoms with Crippen LogP contribution < -0.4 is 5.32 Å². The number of carbonyl (C=O) groups is 2. The summed E-state index contributed by atoms with van der Waals surface area (Å²) in [4.78, 5) is 25.9. The van der Waals surface area contributed by atoms with Gasteiger partial charge in [-0.1, -0.05) is 66.2 Å². The molecule has 1 heterocycles. The van der Waals surface area contributed by atoms with Crippen molar-refractivity contribution >= 4 is 28.3 Å². The van der Waals surface area contributed by atoms with Crippen LogP contribution in [0.3, 0.4) is 0 Å². The van der Waals surface area contributed by atoms with Crippen molar-refractivity contribution in [2.75, 3.05) is 5.32 Å². The molecule has 8 nitrogen and oxygen atoms in total. The fourth-order valence-electron chi connectivity index (χ4n) is 3.10. The normalized spacial score (nSPS) is 11.8. The highest BCUT2D eigenvalue weighted by Gasteiger charge is 2.20. The molecule has 31 heavy (non-hydrogen) atoms. The summed E-state index contributed by atoms with van der Waals surface area (Å²) in [6.45, 7) is 3.26. The number of hydrogen-bond acceptors (Lipinski definition) is 6. The molecule has 1 amide bonds. The SMILES string of the molecule is Cc1ccc(-c2nnn(CC(=O)OC(C)C(=O)Nc3cccc4ccccc34)n2)cc1. The smallest absolute Gasteiger partial charge is 0.330 e. The maximum atomic E-state index is 12.5. The predicted octanol–water partition coefficient (Wildman–Crippen LogP) is 3.37. The Morgan fingerprint density at radius 1 is 1.03 bits per heavy atom. The van der Waals surface area contributed by atoms with E-state index in [-0.39, 0.29) is 6.54 Å². The van der Waals surface area contributed by atoms with Gasteiger partial charge in [-0.25, -0.2) is 4.79 Å². The van der Waals surface area contributed by atoms with Gasteiger partial charge in [0.15, 0.2) is 12.6 Å². The maximum Gasteiger partial charge on any atom is 0.330 e. The van der Waals surface area contributed by atoms with Crippen LogP contribution in [0.25, 0.3) is 22.2 Å². The van der Waals surface area contributed by atoms with Crippen molar-refractivity contribution in [2.24, 2.45) is 0 Å². The third-order valence-electron chi connectivity index (χ3n) is 4.76. The quantitative estimate of drug-likeness (QED) is 0.485. The van der Waals surface area contributed by atoms with Crippen molar-refractivity contribution in [3.05, 3.63) is 72.3 Å². The molecule has 3 aromatic carbocycles. The average molecular weight is 415 g/mol. The van der Waals surface area contributed by atoms with Crippen LogP contribution in [0.2, 0.25) is 0 Å². The van der Waals surface area contributed by atoms with Crippen molar-refractivity contribution in [1.82, 2.24) is 20.2 Å². The van der Waals surface area contributed by atoms with Crippen LogP contribution in [0.5, 0.6) is 0 Å². The number of rotatable bonds is 6. The Hall–Kier alpha value is -4.07. The van der Waals surface area contributed by atoms with Gasteiger partial charge in [0, 0.05) is 16.6 Å². The zero-order valence-electron chi connectivity index (χ0n) is 17.1. The van der Waals surface area contributed by atoms with Crippen LogP contribution in [0, 0.1) is 6.92 Å². The molecule has 1 atom stereocenters. The number of tetrazole rings is 1. The van der Waals surface area contributed by atoms with Gasteiger partial charge >= 0.3 is 5.97 Å². The van der Waals surface area contributed by atoms with Gasteiger partial charge in [-0.05, 0) is 30.5 Å². The Balaban J connectivity index is 1.36. The van der Waals surface area contributed by atoms with E-state index in [0.29, 0.717) is 11.5 Å². The van der Waals surface area contributed by atoms with Crippen molar-refractivity contribution in [2.45, 2.75) is 26.5 Å². The van der Waals surface area contributed by atoms with Crippen molar-refractivity contribution in [3.8, 4) is 11.4 Å². The third kappa shape index (κ3) is 4.75. The summed E-state index contributed by atoms with van der Waals surface area (Å²) in [5.41, 5.74) is 2.58. The van der Waals surface area contributed by atoms with E-state index in [9.17, 15) is 9.59 Å². The second kappa shape index (κ2) is 8.74. The van der Waals surface area contributed by atoms with Crippen LogP contribution >= 0.6 is 0 Å². The molecule has 0 spiro atoms. The molecule has 0 bridgehead atoms. The second-order valence-corrected chi connectivity index (χ2v) is 7.16. The van der Waals surface area contributed by atoms with E-state index >= 15 is 0 Å². The molecule has 0 aliphatic carbocycles. The zero-order chi connectivity index (χ0) is 21.8. The first-order valence-corrected chi connectivity index (χ1v) is 9.82. The highest BCUT2D eigenvalue weighted by atomic mass is 16.5. The minimum Gasteiger partial charge on any atom is -0.451 e. The summed E-state index contributed by atoms with van der Waals surface area (Å²) in [6.07, 6.45) is -0.980. The first-order valence-electron chi connectivity index (χ1n) is 9.82. The van der Waals surface area contributed by atoms with E-state index in [1.165, 1.54) is 6.92 Å². The zero-order valence-corrected chi connectivity index (χ0v) is 17.1. The highest BCUT2D eigenvalue weighted by Crippen LogP contribution is 2.23. The molecule has 4 aromatic rings. The van der Waals surface area contributed by atoms with Gasteiger partial charge in [-0.15, -0.1) is 10.2 Å². The summed E-state index contributed by atoms with van der Waals surface area (Å²) >= 11 is 0. The highest BCUT2D eigenvalue weighted by molar-refractivity contribution is 6.03. The lowest BCUT2D eigenvalue weighted by Gasteiger charge is -2.14. The molecule has 1 aromatic heterocycles. The number of amides is 1. The average Bonchev–Trinajstić information content (AvgIpc) is 3.22. The van der Waals surface area contributed by atoms with Gasteiger partial charge in [0.2, 0.25) is 5.82 Å². The number of ether oxygens (including phenoxy) is 1. The Labute approximate surface area is 178 Å². The van der Waals surface area contributed by atoms with Crippen molar-refractivity contribution in [3.63, 3.8) is 0 Å². The predicted molar refractivity (Wildman–Crippen MR) is 116 cm³/mol. The molecule has 0 aliphatic heterocycles. The summed E-state index contributed by atoms with van der Waals surface area (Å²) < 4.78 is 5.25. The summed E-state index contributed by atoms with van der Waals surface area (Å²) in [5.74, 6) is -0.639. The molecular weight excluding hydrogens is 394 g/mol. The Bertz CT molecular complexity index is 1230. The Morgan fingerprint density at radius 2 is 1.77 bits per heavy atom. The lowest BCUT2D eigenvalue weighted by molar-refractivity contribution is -0.154. The molecule has 156 valence electrons. The van der Waals surface area contributed by atoms with E-state index in [0.717, 1.165) is 26.7 Å². The van der Waals surface area contributed by atoms with E-state index in [2.05, 4.69) is 20.7 Å². The van der Waals surface area contributed by atoms with Crippen LogP contribution in [0.15, 0.2) is 66.7 Å². The number of aromatic nitrogens is 4. The number of nitrogens with zero attached hydrogens (tertiary/aromatic N) is 4. The van der Waals surface area contributed by atoms with Gasteiger partial charge in [0.05, 0.1) is 0 Å². The first-order chi connectivity index (χ1) is 15.0. The number of anilines is 1. The first kappa shape index (κ1) is 20.2. The number of hydrogen-bond donors (Lipinski definition) is 1. The lowest BCUT2D eigenvalue weighted by atomic mass is 10.1. The second-order valence-electron chi connectivity index (χ2n) is 7.16. The molecule has 1 unspecified atom stereocenters. The topological polar surface area (TPSA) is 99.0 Å². The number of fused-ring (bicyclic) bond motifs is 1. The molecule has 0 saturated carbocycles. The maximum absolute atomic E-state index is 12.5. The number of carbonyl (C=O) groups excluding carboxylic acids is 2. The molecule has 0 aliphatic rings. The van der Waals surface area contributed by atoms with Crippen LogP contribution in [-0.4, -0.2) is 38.2 Å². The van der Waals surface area contributed by atoms with E-state index in [1.54, 1.807) is 6.07 Å². The molecule has 0 saturated heterocycles. The fourth-order valence-corrected chi connectivity index (χ4v) is 3.10. The van der Waals surface area contributed by atoms with Gasteiger partial charge in [-0.3, -0.25) is 4.79 Å². The van der Waals surface area contributed by atoms with Crippen LogP contribution in [0.4, 0.5) is 5.69 Å².